The summed E-state index contributed by atoms with van der Waals surface area (Å²) in [7, 11) is 3.20. The van der Waals surface area contributed by atoms with Crippen molar-refractivity contribution in [3.05, 3.63) is 0 Å². The van der Waals surface area contributed by atoms with E-state index in [0.29, 0.717) is 5.92 Å². The highest BCUT2D eigenvalue weighted by atomic mass is 17.2. The van der Waals surface area contributed by atoms with Crippen LogP contribution in [0.1, 0.15) is 19.8 Å². The van der Waals surface area contributed by atoms with Crippen LogP contribution in [0.2, 0.25) is 0 Å². The van der Waals surface area contributed by atoms with Crippen molar-refractivity contribution in [2.24, 2.45) is 5.92 Å². The molecule has 0 aromatic carbocycles. The van der Waals surface area contributed by atoms with Gasteiger partial charge >= 0.3 is 0 Å². The Balaban J connectivity index is 1.91. The van der Waals surface area contributed by atoms with Crippen LogP contribution in [0.25, 0.3) is 0 Å². The van der Waals surface area contributed by atoms with Gasteiger partial charge in [-0.05, 0) is 6.42 Å². The summed E-state index contributed by atoms with van der Waals surface area (Å²) in [5.74, 6) is 0.440. The molecule has 1 spiro atoms. The molecular formula is C9H16O4. The third-order valence-corrected chi connectivity index (χ3v) is 2.89. The fourth-order valence-electron chi connectivity index (χ4n) is 2.15. The molecule has 0 bridgehead atoms. The number of methoxy groups -OCH3 is 1. The lowest BCUT2D eigenvalue weighted by Gasteiger charge is -2.12. The van der Waals surface area contributed by atoms with Crippen LogP contribution in [-0.2, 0) is 19.2 Å². The Hall–Kier alpha value is -0.160. The number of ether oxygens (including phenoxy) is 2. The lowest BCUT2D eigenvalue weighted by molar-refractivity contribution is -0.295. The first-order valence-corrected chi connectivity index (χ1v) is 4.62. The highest BCUT2D eigenvalue weighted by molar-refractivity contribution is 5.10. The molecule has 4 atom stereocenters. The Labute approximate surface area is 78.0 Å². The Kier molecular flexibility index (Phi) is 2.32. The summed E-state index contributed by atoms with van der Waals surface area (Å²) >= 11 is 0. The van der Waals surface area contributed by atoms with Gasteiger partial charge in [0.25, 0.3) is 0 Å². The molecule has 2 aliphatic rings. The maximum absolute atomic E-state index is 5.76. The van der Waals surface area contributed by atoms with Crippen molar-refractivity contribution in [1.29, 1.82) is 0 Å². The first-order valence-electron chi connectivity index (χ1n) is 4.62. The van der Waals surface area contributed by atoms with E-state index < -0.39 is 0 Å². The summed E-state index contributed by atoms with van der Waals surface area (Å²) in [4.78, 5) is 9.69. The van der Waals surface area contributed by atoms with E-state index in [2.05, 4.69) is 11.8 Å². The lowest BCUT2D eigenvalue weighted by Crippen LogP contribution is -2.19. The molecule has 0 N–H and O–H groups in total. The van der Waals surface area contributed by atoms with Gasteiger partial charge in [0.1, 0.15) is 11.7 Å². The van der Waals surface area contributed by atoms with Crippen LogP contribution in [-0.4, -0.2) is 32.2 Å². The molecule has 13 heavy (non-hydrogen) atoms. The average molecular weight is 188 g/mol. The molecule has 0 aromatic rings. The lowest BCUT2D eigenvalue weighted by atomic mass is 10.1. The molecule has 2 fully saturated rings. The van der Waals surface area contributed by atoms with Crippen molar-refractivity contribution >= 4 is 0 Å². The Morgan fingerprint density at radius 1 is 1.31 bits per heavy atom. The van der Waals surface area contributed by atoms with Crippen molar-refractivity contribution in [1.82, 2.24) is 0 Å². The topological polar surface area (TPSA) is 36.9 Å². The molecule has 1 saturated heterocycles. The number of hydrogen-bond donors (Lipinski definition) is 0. The third kappa shape index (κ3) is 1.48. The van der Waals surface area contributed by atoms with Gasteiger partial charge in [0.15, 0.2) is 6.29 Å². The highest BCUT2D eigenvalue weighted by Crippen LogP contribution is 2.53. The molecule has 76 valence electrons. The Morgan fingerprint density at radius 2 is 2.08 bits per heavy atom. The third-order valence-electron chi connectivity index (χ3n) is 2.89. The van der Waals surface area contributed by atoms with Crippen LogP contribution in [0.4, 0.5) is 0 Å². The minimum absolute atomic E-state index is 0.0783. The van der Waals surface area contributed by atoms with E-state index in [1.54, 1.807) is 7.11 Å². The van der Waals surface area contributed by atoms with Crippen molar-refractivity contribution in [3.63, 3.8) is 0 Å². The first-order chi connectivity index (χ1) is 6.22. The SMILES string of the molecule is COOC1C[C@@]12C[C@H](C)C(OC)O2. The molecule has 4 nitrogen and oxygen atoms in total. The summed E-state index contributed by atoms with van der Waals surface area (Å²) in [6.45, 7) is 2.13. The Morgan fingerprint density at radius 3 is 2.62 bits per heavy atom. The van der Waals surface area contributed by atoms with Gasteiger partial charge in [-0.15, -0.1) is 0 Å². The molecule has 1 heterocycles. The summed E-state index contributed by atoms with van der Waals surface area (Å²) in [6, 6.07) is 0. The molecule has 0 amide bonds. The van der Waals surface area contributed by atoms with Crippen LogP contribution in [0.5, 0.6) is 0 Å². The van der Waals surface area contributed by atoms with E-state index in [9.17, 15) is 0 Å². The standard InChI is InChI=1S/C9H16O4/c1-6-4-9(12-8(6)10-2)5-7(9)13-11-3/h6-8H,4-5H2,1-3H3/t6-,7?,8?,9-/m0/s1. The van der Waals surface area contributed by atoms with E-state index in [0.717, 1.165) is 12.8 Å². The van der Waals surface area contributed by atoms with Gasteiger partial charge in [-0.3, -0.25) is 0 Å². The van der Waals surface area contributed by atoms with Crippen LogP contribution in [0.3, 0.4) is 0 Å². The molecule has 0 aromatic heterocycles. The van der Waals surface area contributed by atoms with Crippen LogP contribution in [0, 0.1) is 5.92 Å². The quantitative estimate of drug-likeness (QED) is 0.491. The maximum atomic E-state index is 5.76. The number of hydrogen-bond acceptors (Lipinski definition) is 4. The van der Waals surface area contributed by atoms with E-state index in [1.165, 1.54) is 7.11 Å². The second-order valence-electron chi connectivity index (χ2n) is 3.92. The first kappa shape index (κ1) is 9.40. The van der Waals surface area contributed by atoms with Crippen molar-refractivity contribution in [3.8, 4) is 0 Å². The fourth-order valence-corrected chi connectivity index (χ4v) is 2.15. The van der Waals surface area contributed by atoms with Gasteiger partial charge in [0, 0.05) is 19.4 Å². The Bertz CT molecular complexity index is 196. The van der Waals surface area contributed by atoms with Gasteiger partial charge in [0.05, 0.1) is 7.11 Å². The zero-order valence-corrected chi connectivity index (χ0v) is 8.28. The average Bonchev–Trinajstić information content (AvgIpc) is 2.62. The minimum atomic E-state index is -0.115. The van der Waals surface area contributed by atoms with Gasteiger partial charge in [-0.1, -0.05) is 6.92 Å². The van der Waals surface area contributed by atoms with Crippen LogP contribution < -0.4 is 0 Å². The van der Waals surface area contributed by atoms with Gasteiger partial charge < -0.3 is 9.47 Å². The van der Waals surface area contributed by atoms with E-state index in [4.69, 9.17) is 14.4 Å². The molecule has 1 saturated carbocycles. The summed E-state index contributed by atoms with van der Waals surface area (Å²) in [5.41, 5.74) is -0.115. The predicted molar refractivity (Wildman–Crippen MR) is 44.9 cm³/mol. The van der Waals surface area contributed by atoms with Gasteiger partial charge in [0.2, 0.25) is 0 Å². The molecule has 1 aliphatic carbocycles. The van der Waals surface area contributed by atoms with E-state index in [1.807, 2.05) is 0 Å². The predicted octanol–water partition coefficient (Wildman–Crippen LogP) is 1.10. The molecule has 0 radical (unpaired) electrons. The van der Waals surface area contributed by atoms with Crippen LogP contribution >= 0.6 is 0 Å². The van der Waals surface area contributed by atoms with Gasteiger partial charge in [-0.25, -0.2) is 9.78 Å². The smallest absolute Gasteiger partial charge is 0.160 e. The second kappa shape index (κ2) is 3.20. The molecule has 2 rings (SSSR count). The summed E-state index contributed by atoms with van der Waals surface area (Å²) in [5, 5.41) is 0. The molecule has 1 aliphatic heterocycles. The van der Waals surface area contributed by atoms with Gasteiger partial charge in [-0.2, -0.15) is 0 Å². The normalized spacial score (nSPS) is 48.7. The van der Waals surface area contributed by atoms with E-state index >= 15 is 0 Å². The van der Waals surface area contributed by atoms with Crippen LogP contribution in [0.15, 0.2) is 0 Å². The fraction of sp³-hybridized carbons (Fsp3) is 1.00. The molecule has 2 unspecified atom stereocenters. The summed E-state index contributed by atoms with van der Waals surface area (Å²) < 4.78 is 11.0. The van der Waals surface area contributed by atoms with E-state index in [-0.39, 0.29) is 18.0 Å². The van der Waals surface area contributed by atoms with Crippen molar-refractivity contribution in [2.45, 2.75) is 37.8 Å². The number of rotatable bonds is 3. The van der Waals surface area contributed by atoms with Crippen molar-refractivity contribution in [2.75, 3.05) is 14.2 Å². The highest BCUT2D eigenvalue weighted by Gasteiger charge is 2.63. The largest absolute Gasteiger partial charge is 0.356 e. The zero-order chi connectivity index (χ0) is 9.47. The van der Waals surface area contributed by atoms with Crippen molar-refractivity contribution < 1.29 is 19.2 Å². The molecule has 4 heteroatoms. The second-order valence-corrected chi connectivity index (χ2v) is 3.92. The maximum Gasteiger partial charge on any atom is 0.160 e. The monoisotopic (exact) mass is 188 g/mol. The minimum Gasteiger partial charge on any atom is -0.356 e. The summed E-state index contributed by atoms with van der Waals surface area (Å²) in [6.07, 6.45) is 1.94. The zero-order valence-electron chi connectivity index (χ0n) is 8.28. The molecular weight excluding hydrogens is 172 g/mol.